The maximum absolute atomic E-state index is 12.9. The van der Waals surface area contributed by atoms with Crippen LogP contribution in [0, 0.1) is 5.82 Å². The van der Waals surface area contributed by atoms with E-state index in [9.17, 15) is 4.39 Å². The van der Waals surface area contributed by atoms with Crippen molar-refractivity contribution in [1.82, 2.24) is 9.97 Å². The molecule has 0 fully saturated rings. The van der Waals surface area contributed by atoms with Crippen molar-refractivity contribution in [3.05, 3.63) is 83.8 Å². The zero-order valence-corrected chi connectivity index (χ0v) is 13.2. The number of anilines is 2. The fraction of sp³-hybridized carbons (Fsp3) is 0.158. The molecule has 0 bridgehead atoms. The summed E-state index contributed by atoms with van der Waals surface area (Å²) in [4.78, 5) is 8.66. The number of rotatable bonds is 7. The largest absolute Gasteiger partial charge is 0.366 e. The topological polar surface area (TPSA) is 49.8 Å². The minimum absolute atomic E-state index is 0.216. The van der Waals surface area contributed by atoms with Crippen molar-refractivity contribution in [1.29, 1.82) is 0 Å². The quantitative estimate of drug-likeness (QED) is 0.693. The second-order valence-corrected chi connectivity index (χ2v) is 5.41. The van der Waals surface area contributed by atoms with E-state index in [1.165, 1.54) is 17.7 Å². The highest BCUT2D eigenvalue weighted by Gasteiger charge is 2.00. The van der Waals surface area contributed by atoms with E-state index >= 15 is 0 Å². The summed E-state index contributed by atoms with van der Waals surface area (Å²) >= 11 is 0. The molecule has 0 radical (unpaired) electrons. The summed E-state index contributed by atoms with van der Waals surface area (Å²) in [6.45, 7) is 1.40. The number of hydrogen-bond acceptors (Lipinski definition) is 4. The summed E-state index contributed by atoms with van der Waals surface area (Å²) < 4.78 is 12.9. The predicted molar refractivity (Wildman–Crippen MR) is 94.4 cm³/mol. The standard InChI is InChI=1S/C19H19FN4/c20-17-8-6-15(7-9-17)10-12-21-19-22-13-11-18(24-19)23-14-16-4-2-1-3-5-16/h1-9,11,13H,10,12,14H2,(H2,21,22,23,24). The SMILES string of the molecule is Fc1ccc(CCNc2nccc(NCc3ccccc3)n2)cc1. The third-order valence-electron chi connectivity index (χ3n) is 3.58. The van der Waals surface area contributed by atoms with E-state index in [-0.39, 0.29) is 5.82 Å². The molecule has 1 aromatic heterocycles. The van der Waals surface area contributed by atoms with Crippen LogP contribution in [0.15, 0.2) is 66.9 Å². The van der Waals surface area contributed by atoms with Gasteiger partial charge in [0.15, 0.2) is 0 Å². The minimum Gasteiger partial charge on any atom is -0.366 e. The van der Waals surface area contributed by atoms with E-state index < -0.39 is 0 Å². The number of nitrogens with zero attached hydrogens (tertiary/aromatic N) is 2. The monoisotopic (exact) mass is 322 g/mol. The van der Waals surface area contributed by atoms with Crippen LogP contribution in [0.4, 0.5) is 16.2 Å². The van der Waals surface area contributed by atoms with Gasteiger partial charge >= 0.3 is 0 Å². The molecule has 0 aliphatic carbocycles. The third kappa shape index (κ3) is 4.78. The van der Waals surface area contributed by atoms with Gasteiger partial charge in [-0.3, -0.25) is 0 Å². The van der Waals surface area contributed by atoms with Crippen LogP contribution in [0.3, 0.4) is 0 Å². The first-order valence-corrected chi connectivity index (χ1v) is 7.89. The molecule has 0 spiro atoms. The van der Waals surface area contributed by atoms with Crippen LogP contribution in [-0.2, 0) is 13.0 Å². The summed E-state index contributed by atoms with van der Waals surface area (Å²) in [7, 11) is 0. The Morgan fingerprint density at radius 3 is 2.42 bits per heavy atom. The van der Waals surface area contributed by atoms with Gasteiger partial charge in [-0.15, -0.1) is 0 Å². The normalized spacial score (nSPS) is 10.4. The zero-order valence-electron chi connectivity index (χ0n) is 13.2. The average molecular weight is 322 g/mol. The Hall–Kier alpha value is -2.95. The Bertz CT molecular complexity index is 760. The van der Waals surface area contributed by atoms with Gasteiger partial charge in [0.2, 0.25) is 5.95 Å². The first-order chi connectivity index (χ1) is 11.8. The van der Waals surface area contributed by atoms with Crippen molar-refractivity contribution >= 4 is 11.8 Å². The van der Waals surface area contributed by atoms with E-state index in [4.69, 9.17) is 0 Å². The molecule has 3 aromatic rings. The fourth-order valence-electron chi connectivity index (χ4n) is 2.30. The first kappa shape index (κ1) is 15.9. The van der Waals surface area contributed by atoms with Crippen LogP contribution in [-0.4, -0.2) is 16.5 Å². The third-order valence-corrected chi connectivity index (χ3v) is 3.58. The highest BCUT2D eigenvalue weighted by Crippen LogP contribution is 2.09. The maximum atomic E-state index is 12.9. The Kier molecular flexibility index (Phi) is 5.35. The molecule has 2 N–H and O–H groups in total. The Labute approximate surface area is 140 Å². The molecule has 24 heavy (non-hydrogen) atoms. The van der Waals surface area contributed by atoms with Gasteiger partial charge in [-0.25, -0.2) is 9.37 Å². The van der Waals surface area contributed by atoms with Gasteiger partial charge in [-0.2, -0.15) is 4.98 Å². The lowest BCUT2D eigenvalue weighted by atomic mass is 10.1. The lowest BCUT2D eigenvalue weighted by Crippen LogP contribution is -2.09. The van der Waals surface area contributed by atoms with Gasteiger partial charge in [0.25, 0.3) is 0 Å². The fourth-order valence-corrected chi connectivity index (χ4v) is 2.30. The number of halogens is 1. The molecule has 0 aliphatic heterocycles. The highest BCUT2D eigenvalue weighted by molar-refractivity contribution is 5.40. The first-order valence-electron chi connectivity index (χ1n) is 7.89. The smallest absolute Gasteiger partial charge is 0.224 e. The van der Waals surface area contributed by atoms with E-state index in [1.54, 1.807) is 18.3 Å². The van der Waals surface area contributed by atoms with Crippen molar-refractivity contribution in [2.24, 2.45) is 0 Å². The Morgan fingerprint density at radius 2 is 1.62 bits per heavy atom. The van der Waals surface area contributed by atoms with Crippen LogP contribution < -0.4 is 10.6 Å². The second kappa shape index (κ2) is 8.06. The van der Waals surface area contributed by atoms with E-state index in [1.807, 2.05) is 24.3 Å². The zero-order chi connectivity index (χ0) is 16.6. The van der Waals surface area contributed by atoms with Crippen LogP contribution in [0.25, 0.3) is 0 Å². The number of aromatic nitrogens is 2. The summed E-state index contributed by atoms with van der Waals surface area (Å²) in [5.41, 5.74) is 2.27. The average Bonchev–Trinajstić information content (AvgIpc) is 2.63. The summed E-state index contributed by atoms with van der Waals surface area (Å²) in [5, 5.41) is 6.47. The molecule has 0 unspecified atom stereocenters. The highest BCUT2D eigenvalue weighted by atomic mass is 19.1. The molecule has 0 amide bonds. The van der Waals surface area contributed by atoms with Crippen molar-refractivity contribution < 1.29 is 4.39 Å². The van der Waals surface area contributed by atoms with Crippen LogP contribution in [0.2, 0.25) is 0 Å². The van der Waals surface area contributed by atoms with Crippen LogP contribution in [0.5, 0.6) is 0 Å². The molecule has 3 rings (SSSR count). The van der Waals surface area contributed by atoms with Crippen LogP contribution in [0.1, 0.15) is 11.1 Å². The molecule has 2 aromatic carbocycles. The van der Waals surface area contributed by atoms with Gasteiger partial charge in [-0.1, -0.05) is 42.5 Å². The second-order valence-electron chi connectivity index (χ2n) is 5.41. The molecular formula is C19H19FN4. The summed E-state index contributed by atoms with van der Waals surface area (Å²) in [6.07, 6.45) is 2.51. The molecule has 0 saturated carbocycles. The lowest BCUT2D eigenvalue weighted by Gasteiger charge is -2.08. The van der Waals surface area contributed by atoms with Crippen molar-refractivity contribution in [3.8, 4) is 0 Å². The molecule has 5 heteroatoms. The van der Waals surface area contributed by atoms with Crippen molar-refractivity contribution in [2.45, 2.75) is 13.0 Å². The molecule has 0 saturated heterocycles. The summed E-state index contributed by atoms with van der Waals surface area (Å²) in [6, 6.07) is 18.5. The van der Waals surface area contributed by atoms with Crippen molar-refractivity contribution in [3.63, 3.8) is 0 Å². The Balaban J connectivity index is 1.50. The summed E-state index contributed by atoms with van der Waals surface area (Å²) in [5.74, 6) is 1.14. The number of benzene rings is 2. The van der Waals surface area contributed by atoms with E-state index in [2.05, 4.69) is 32.7 Å². The molecule has 4 nitrogen and oxygen atoms in total. The number of hydrogen-bond donors (Lipinski definition) is 2. The number of nitrogens with one attached hydrogen (secondary N) is 2. The molecule has 0 atom stereocenters. The molecule has 0 aliphatic rings. The lowest BCUT2D eigenvalue weighted by molar-refractivity contribution is 0.627. The van der Waals surface area contributed by atoms with Gasteiger partial charge in [0.05, 0.1) is 0 Å². The van der Waals surface area contributed by atoms with Gasteiger partial charge in [-0.05, 0) is 35.7 Å². The molecular weight excluding hydrogens is 303 g/mol. The van der Waals surface area contributed by atoms with E-state index in [0.29, 0.717) is 19.0 Å². The predicted octanol–water partition coefficient (Wildman–Crippen LogP) is 3.88. The van der Waals surface area contributed by atoms with Gasteiger partial charge < -0.3 is 10.6 Å². The minimum atomic E-state index is -0.216. The van der Waals surface area contributed by atoms with Gasteiger partial charge in [0, 0.05) is 19.3 Å². The molecule has 122 valence electrons. The van der Waals surface area contributed by atoms with Crippen molar-refractivity contribution in [2.75, 3.05) is 17.2 Å². The maximum Gasteiger partial charge on any atom is 0.224 e. The van der Waals surface area contributed by atoms with E-state index in [0.717, 1.165) is 17.8 Å². The van der Waals surface area contributed by atoms with Gasteiger partial charge in [0.1, 0.15) is 11.6 Å². The van der Waals surface area contributed by atoms with Crippen LogP contribution >= 0.6 is 0 Å². The molecule has 1 heterocycles. The Morgan fingerprint density at radius 1 is 0.833 bits per heavy atom.